The zero-order chi connectivity index (χ0) is 29.5. The second kappa shape index (κ2) is 8.05. The Morgan fingerprint density at radius 1 is 0.488 bits per heavy atom. The molecule has 1 heterocycles. The Labute approximate surface area is 252 Å². The lowest BCUT2D eigenvalue weighted by Gasteiger charge is -2.23. The fourth-order valence-electron chi connectivity index (χ4n) is 8.33. The molecule has 0 aliphatic heterocycles. The highest BCUT2D eigenvalue weighted by atomic mass is 16.3. The van der Waals surface area contributed by atoms with Gasteiger partial charge in [0.05, 0.1) is 0 Å². The Bertz CT molecular complexity index is 2500. The second-order valence-electron chi connectivity index (χ2n) is 13.7. The zero-order valence-corrected chi connectivity index (χ0v) is 25.9. The molecule has 0 unspecified atom stereocenters. The van der Waals surface area contributed by atoms with E-state index in [0.29, 0.717) is 0 Å². The summed E-state index contributed by atoms with van der Waals surface area (Å²) in [5.74, 6) is 0. The molecule has 0 radical (unpaired) electrons. The molecule has 0 atom stereocenters. The van der Waals surface area contributed by atoms with E-state index in [-0.39, 0.29) is 5.41 Å². The van der Waals surface area contributed by atoms with Crippen LogP contribution < -0.4 is 0 Å². The number of benzene rings is 7. The van der Waals surface area contributed by atoms with Crippen LogP contribution >= 0.6 is 0 Å². The highest BCUT2D eigenvalue weighted by Gasteiger charge is 2.37. The van der Waals surface area contributed by atoms with Crippen molar-refractivity contribution in [1.82, 2.24) is 0 Å². The average Bonchev–Trinajstić information content (AvgIpc) is 3.43. The van der Waals surface area contributed by atoms with Crippen molar-refractivity contribution >= 4 is 54.3 Å². The van der Waals surface area contributed by atoms with Gasteiger partial charge in [-0.3, -0.25) is 0 Å². The average molecular weight is 555 g/mol. The molecule has 0 spiro atoms. The molecule has 0 fully saturated rings. The largest absolute Gasteiger partial charge is 0.455 e. The maximum absolute atomic E-state index is 6.82. The van der Waals surface area contributed by atoms with Gasteiger partial charge in [-0.05, 0) is 131 Å². The standard InChI is InChI=1S/C42H34O/c1-21-8-11-35-32(15-21)38-33-16-24(4)29-19-31-28-10-9-26(27-13-22(2)12-23(3)14-27)18-37(28)43-41(31)34-17-25(5)30(39(33)40(29)34)20-36(38)42(35,6)7/h8-20H,1-7H3. The minimum atomic E-state index is -0.0390. The highest BCUT2D eigenvalue weighted by Crippen LogP contribution is 2.55. The van der Waals surface area contributed by atoms with Crippen molar-refractivity contribution in [1.29, 1.82) is 0 Å². The Morgan fingerprint density at radius 3 is 1.95 bits per heavy atom. The molecule has 1 aliphatic carbocycles. The molecule has 0 saturated carbocycles. The first-order chi connectivity index (χ1) is 20.6. The van der Waals surface area contributed by atoms with Crippen molar-refractivity contribution < 1.29 is 4.42 Å². The topological polar surface area (TPSA) is 13.1 Å². The van der Waals surface area contributed by atoms with Crippen LogP contribution in [-0.4, -0.2) is 0 Å². The van der Waals surface area contributed by atoms with E-state index in [4.69, 9.17) is 4.42 Å². The first-order valence-electron chi connectivity index (χ1n) is 15.4. The first-order valence-corrected chi connectivity index (χ1v) is 15.4. The third-order valence-corrected chi connectivity index (χ3v) is 10.3. The van der Waals surface area contributed by atoms with Gasteiger partial charge in [-0.15, -0.1) is 0 Å². The van der Waals surface area contributed by atoms with E-state index >= 15 is 0 Å². The summed E-state index contributed by atoms with van der Waals surface area (Å²) < 4.78 is 6.82. The summed E-state index contributed by atoms with van der Waals surface area (Å²) in [7, 11) is 0. The third kappa shape index (κ3) is 3.18. The molecule has 9 rings (SSSR count). The van der Waals surface area contributed by atoms with Gasteiger partial charge in [-0.25, -0.2) is 0 Å². The van der Waals surface area contributed by atoms with Crippen molar-refractivity contribution in [2.75, 3.05) is 0 Å². The number of aryl methyl sites for hydroxylation is 5. The molecular formula is C42H34O. The van der Waals surface area contributed by atoms with Gasteiger partial charge in [0.1, 0.15) is 11.2 Å². The first kappa shape index (κ1) is 24.9. The smallest absolute Gasteiger partial charge is 0.143 e. The minimum absolute atomic E-state index is 0.0390. The fourth-order valence-corrected chi connectivity index (χ4v) is 8.33. The number of furan rings is 1. The Balaban J connectivity index is 1.41. The van der Waals surface area contributed by atoms with Crippen LogP contribution in [0.1, 0.15) is 52.8 Å². The van der Waals surface area contributed by atoms with E-state index in [1.54, 1.807) is 0 Å². The maximum atomic E-state index is 6.82. The molecular weight excluding hydrogens is 520 g/mol. The predicted octanol–water partition coefficient (Wildman–Crippen LogP) is 12.0. The van der Waals surface area contributed by atoms with Crippen LogP contribution in [0.15, 0.2) is 83.3 Å². The van der Waals surface area contributed by atoms with Crippen LogP contribution in [0.5, 0.6) is 0 Å². The quantitative estimate of drug-likeness (QED) is 0.184. The van der Waals surface area contributed by atoms with E-state index in [1.807, 2.05) is 0 Å². The van der Waals surface area contributed by atoms with Gasteiger partial charge < -0.3 is 4.42 Å². The van der Waals surface area contributed by atoms with Crippen LogP contribution in [-0.2, 0) is 5.41 Å². The van der Waals surface area contributed by atoms with E-state index in [0.717, 1.165) is 11.2 Å². The Kier molecular flexibility index (Phi) is 4.67. The summed E-state index contributed by atoms with van der Waals surface area (Å²) in [4.78, 5) is 0. The van der Waals surface area contributed by atoms with E-state index < -0.39 is 0 Å². The fraction of sp³-hybridized carbons (Fsp3) is 0.190. The summed E-state index contributed by atoms with van der Waals surface area (Å²) in [6.07, 6.45) is 0. The monoisotopic (exact) mass is 554 g/mol. The predicted molar refractivity (Wildman–Crippen MR) is 184 cm³/mol. The molecule has 7 aromatic carbocycles. The van der Waals surface area contributed by atoms with E-state index in [1.165, 1.54) is 104 Å². The molecule has 1 nitrogen and oxygen atoms in total. The van der Waals surface area contributed by atoms with Crippen LogP contribution in [0.25, 0.3) is 76.5 Å². The lowest BCUT2D eigenvalue weighted by atomic mass is 9.79. The summed E-state index contributed by atoms with van der Waals surface area (Å²) >= 11 is 0. The van der Waals surface area contributed by atoms with Gasteiger partial charge in [0, 0.05) is 27.0 Å². The number of hydrogen-bond acceptors (Lipinski definition) is 1. The molecule has 0 amide bonds. The van der Waals surface area contributed by atoms with Crippen molar-refractivity contribution in [2.24, 2.45) is 0 Å². The molecule has 0 bridgehead atoms. The summed E-state index contributed by atoms with van der Waals surface area (Å²) in [6, 6.07) is 30.2. The van der Waals surface area contributed by atoms with Crippen molar-refractivity contribution in [3.63, 3.8) is 0 Å². The van der Waals surface area contributed by atoms with Gasteiger partial charge in [-0.1, -0.05) is 79.1 Å². The second-order valence-corrected chi connectivity index (χ2v) is 13.7. The molecule has 1 aliphatic rings. The molecule has 1 aromatic heterocycles. The van der Waals surface area contributed by atoms with Gasteiger partial charge in [0.2, 0.25) is 0 Å². The molecule has 1 heteroatoms. The van der Waals surface area contributed by atoms with Gasteiger partial charge in [0.15, 0.2) is 0 Å². The third-order valence-electron chi connectivity index (χ3n) is 10.3. The summed E-state index contributed by atoms with van der Waals surface area (Å²) in [6.45, 7) is 15.9. The van der Waals surface area contributed by atoms with E-state index in [2.05, 4.69) is 127 Å². The highest BCUT2D eigenvalue weighted by molar-refractivity contribution is 6.33. The summed E-state index contributed by atoms with van der Waals surface area (Å²) in [5, 5.41) is 10.4. The minimum Gasteiger partial charge on any atom is -0.455 e. The number of rotatable bonds is 1. The lowest BCUT2D eigenvalue weighted by Crippen LogP contribution is -2.15. The van der Waals surface area contributed by atoms with Crippen molar-refractivity contribution in [2.45, 2.75) is 53.9 Å². The summed E-state index contributed by atoms with van der Waals surface area (Å²) in [5.41, 5.74) is 16.5. The van der Waals surface area contributed by atoms with Gasteiger partial charge >= 0.3 is 0 Å². The SMILES string of the molecule is Cc1cc(C)cc(-c2ccc3c(c2)oc2c3cc3c(C)cc4c5c(cc6c(C)cc2c3c64)C(C)(C)c2ccc(C)cc2-5)c1. The van der Waals surface area contributed by atoms with Crippen LogP contribution in [0.3, 0.4) is 0 Å². The molecule has 208 valence electrons. The lowest BCUT2D eigenvalue weighted by molar-refractivity contribution is 0.661. The molecule has 0 saturated heterocycles. The molecule has 0 N–H and O–H groups in total. The maximum Gasteiger partial charge on any atom is 0.143 e. The van der Waals surface area contributed by atoms with E-state index in [9.17, 15) is 0 Å². The normalized spacial score (nSPS) is 14.1. The van der Waals surface area contributed by atoms with Gasteiger partial charge in [0.25, 0.3) is 0 Å². The molecule has 8 aromatic rings. The number of hydrogen-bond donors (Lipinski definition) is 0. The van der Waals surface area contributed by atoms with Crippen molar-refractivity contribution in [3.8, 4) is 22.3 Å². The van der Waals surface area contributed by atoms with Crippen LogP contribution in [0.4, 0.5) is 0 Å². The van der Waals surface area contributed by atoms with Gasteiger partial charge in [-0.2, -0.15) is 0 Å². The van der Waals surface area contributed by atoms with Crippen LogP contribution in [0, 0.1) is 34.6 Å². The van der Waals surface area contributed by atoms with Crippen LogP contribution in [0.2, 0.25) is 0 Å². The Hall–Kier alpha value is -4.62. The molecule has 43 heavy (non-hydrogen) atoms. The zero-order valence-electron chi connectivity index (χ0n) is 25.9. The van der Waals surface area contributed by atoms with Crippen molar-refractivity contribution in [3.05, 3.63) is 118 Å². The number of fused-ring (bicyclic) bond motifs is 8. The Morgan fingerprint density at radius 2 is 1.19 bits per heavy atom.